The van der Waals surface area contributed by atoms with E-state index >= 15 is 0 Å². The summed E-state index contributed by atoms with van der Waals surface area (Å²) in [5.74, 6) is 1.14. The Morgan fingerprint density at radius 1 is 0.773 bits per heavy atom. The molecule has 1 nitrogen and oxygen atoms in total. The van der Waals surface area contributed by atoms with Gasteiger partial charge in [0.1, 0.15) is 0 Å². The summed E-state index contributed by atoms with van der Waals surface area (Å²) < 4.78 is 6.32. The van der Waals surface area contributed by atoms with Crippen LogP contribution < -0.4 is 3.79 Å². The van der Waals surface area contributed by atoms with Crippen molar-refractivity contribution in [2.45, 2.75) is 90.8 Å². The molecule has 2 heteroatoms. The molecule has 0 atom stereocenters. The average Bonchev–Trinajstić information content (AvgIpc) is 2.31. The number of rotatable bonds is 3. The van der Waals surface area contributed by atoms with Gasteiger partial charge in [0.25, 0.3) is 0 Å². The van der Waals surface area contributed by atoms with Gasteiger partial charge in [0, 0.05) is 0 Å². The van der Waals surface area contributed by atoms with Gasteiger partial charge in [-0.2, -0.15) is 0 Å². The third kappa shape index (κ3) is 4.77. The molecule has 1 rings (SSSR count). The monoisotopic (exact) mass is 317 g/mol. The molecule has 1 aromatic carbocycles. The van der Waals surface area contributed by atoms with Gasteiger partial charge in [-0.25, -0.2) is 0 Å². The van der Waals surface area contributed by atoms with Crippen LogP contribution in [0, 0.1) is 0 Å². The predicted molar refractivity (Wildman–Crippen MR) is 99.4 cm³/mol. The SMILES string of the molecule is C[CH2][Al][O]c1c(C(C)(C)C)cc(C(C)(C)C)cc1C(C)(C)C. The molecule has 0 aliphatic carbocycles. The van der Waals surface area contributed by atoms with Gasteiger partial charge in [0.15, 0.2) is 0 Å². The lowest BCUT2D eigenvalue weighted by Crippen LogP contribution is -2.23. The quantitative estimate of drug-likeness (QED) is 0.620. The van der Waals surface area contributed by atoms with Crippen LogP contribution in [0.25, 0.3) is 0 Å². The van der Waals surface area contributed by atoms with Crippen molar-refractivity contribution in [2.75, 3.05) is 0 Å². The number of benzene rings is 1. The molecule has 0 spiro atoms. The van der Waals surface area contributed by atoms with Crippen molar-refractivity contribution >= 4 is 15.6 Å². The minimum Gasteiger partial charge on any atom is -0.647 e. The fourth-order valence-corrected chi connectivity index (χ4v) is 3.06. The molecule has 1 radical (unpaired) electrons. The molecule has 0 saturated carbocycles. The van der Waals surface area contributed by atoms with Gasteiger partial charge in [-0.15, -0.1) is 0 Å². The Morgan fingerprint density at radius 2 is 1.18 bits per heavy atom. The van der Waals surface area contributed by atoms with Gasteiger partial charge >= 0.3 is 15.6 Å². The molecule has 0 aromatic heterocycles. The van der Waals surface area contributed by atoms with Crippen molar-refractivity contribution in [3.05, 3.63) is 28.8 Å². The molecular formula is C20H34AlO. The molecule has 0 unspecified atom stereocenters. The van der Waals surface area contributed by atoms with Crippen LogP contribution in [-0.4, -0.2) is 15.6 Å². The highest BCUT2D eigenvalue weighted by molar-refractivity contribution is 6.28. The van der Waals surface area contributed by atoms with E-state index in [1.54, 1.807) is 0 Å². The Hall–Kier alpha value is -0.448. The molecule has 0 N–H and O–H groups in total. The van der Waals surface area contributed by atoms with E-state index in [0.717, 1.165) is 11.0 Å². The largest absolute Gasteiger partial charge is 0.647 e. The summed E-state index contributed by atoms with van der Waals surface area (Å²) in [5, 5.41) is 1.12. The molecule has 22 heavy (non-hydrogen) atoms. The molecule has 0 amide bonds. The van der Waals surface area contributed by atoms with E-state index in [4.69, 9.17) is 3.79 Å². The van der Waals surface area contributed by atoms with Gasteiger partial charge in [-0.3, -0.25) is 0 Å². The fourth-order valence-electron chi connectivity index (χ4n) is 2.47. The second-order valence-electron chi connectivity index (χ2n) is 9.34. The van der Waals surface area contributed by atoms with Crippen LogP contribution in [0.2, 0.25) is 5.28 Å². The van der Waals surface area contributed by atoms with Crippen molar-refractivity contribution in [2.24, 2.45) is 0 Å². The third-order valence-corrected chi connectivity index (χ3v) is 4.67. The average molecular weight is 317 g/mol. The van der Waals surface area contributed by atoms with Crippen LogP contribution in [0.4, 0.5) is 0 Å². The van der Waals surface area contributed by atoms with E-state index in [9.17, 15) is 0 Å². The summed E-state index contributed by atoms with van der Waals surface area (Å²) in [6.45, 7) is 22.8. The molecule has 1 aromatic rings. The van der Waals surface area contributed by atoms with E-state index in [1.807, 2.05) is 0 Å². The molecule has 0 aliphatic heterocycles. The normalized spacial score (nSPS) is 13.2. The second-order valence-corrected chi connectivity index (χ2v) is 10.7. The molecule has 0 fully saturated rings. The highest BCUT2D eigenvalue weighted by Crippen LogP contribution is 2.42. The zero-order chi connectivity index (χ0) is 17.3. The van der Waals surface area contributed by atoms with Crippen molar-refractivity contribution in [3.8, 4) is 5.75 Å². The maximum atomic E-state index is 6.32. The summed E-state index contributed by atoms with van der Waals surface area (Å²) in [6, 6.07) is 4.75. The van der Waals surface area contributed by atoms with Gasteiger partial charge in [0.05, 0.1) is 5.75 Å². The first-order valence-electron chi connectivity index (χ1n) is 8.46. The molecule has 0 bridgehead atoms. The van der Waals surface area contributed by atoms with Gasteiger partial charge in [0.2, 0.25) is 0 Å². The van der Waals surface area contributed by atoms with E-state index in [2.05, 4.69) is 81.4 Å². The summed E-state index contributed by atoms with van der Waals surface area (Å²) in [6.07, 6.45) is 0. The zero-order valence-electron chi connectivity index (χ0n) is 16.3. The van der Waals surface area contributed by atoms with Gasteiger partial charge < -0.3 is 3.79 Å². The molecular weight excluding hydrogens is 283 g/mol. The van der Waals surface area contributed by atoms with Crippen LogP contribution in [-0.2, 0) is 16.2 Å². The van der Waals surface area contributed by atoms with E-state index in [0.29, 0.717) is 0 Å². The van der Waals surface area contributed by atoms with Crippen LogP contribution >= 0.6 is 0 Å². The highest BCUT2D eigenvalue weighted by atomic mass is 27.1. The molecule has 123 valence electrons. The Bertz CT molecular complexity index is 475. The van der Waals surface area contributed by atoms with Crippen molar-refractivity contribution in [1.82, 2.24) is 0 Å². The minimum absolute atomic E-state index is 0.0225. The zero-order valence-corrected chi connectivity index (χ0v) is 17.5. The number of hydrogen-bond acceptors (Lipinski definition) is 1. The fraction of sp³-hybridized carbons (Fsp3) is 0.700. The Labute approximate surface area is 144 Å². The maximum Gasteiger partial charge on any atom is 0.523 e. The van der Waals surface area contributed by atoms with E-state index in [-0.39, 0.29) is 31.8 Å². The molecule has 0 saturated heterocycles. The van der Waals surface area contributed by atoms with Crippen LogP contribution in [0.3, 0.4) is 0 Å². The summed E-state index contributed by atoms with van der Waals surface area (Å²) in [4.78, 5) is 0. The Kier molecular flexibility index (Phi) is 5.86. The third-order valence-electron chi connectivity index (χ3n) is 3.94. The lowest BCUT2D eigenvalue weighted by atomic mass is 9.75. The minimum atomic E-state index is 0.0225. The Balaban J connectivity index is 3.70. The molecule has 0 heterocycles. The first kappa shape index (κ1) is 19.6. The Morgan fingerprint density at radius 3 is 1.45 bits per heavy atom. The predicted octanol–water partition coefficient (Wildman–Crippen LogP) is 6.02. The van der Waals surface area contributed by atoms with Gasteiger partial charge in [-0.1, -0.05) is 86.7 Å². The second kappa shape index (κ2) is 6.58. The number of hydrogen-bond donors (Lipinski definition) is 0. The van der Waals surface area contributed by atoms with Crippen molar-refractivity contribution in [1.29, 1.82) is 0 Å². The smallest absolute Gasteiger partial charge is 0.523 e. The highest BCUT2D eigenvalue weighted by Gasteiger charge is 2.29. The maximum absolute atomic E-state index is 6.32. The summed E-state index contributed by atoms with van der Waals surface area (Å²) >= 11 is 0.0225. The van der Waals surface area contributed by atoms with Crippen molar-refractivity contribution < 1.29 is 3.79 Å². The lowest BCUT2D eigenvalue weighted by Gasteiger charge is -2.34. The lowest BCUT2D eigenvalue weighted by molar-refractivity contribution is 0.486. The van der Waals surface area contributed by atoms with Crippen molar-refractivity contribution in [3.63, 3.8) is 0 Å². The van der Waals surface area contributed by atoms with Crippen LogP contribution in [0.5, 0.6) is 5.75 Å². The standard InChI is InChI=1S/C18H30O.C2H5.Al/c1-16(2,3)12-10-13(17(4,5)6)15(19)14(11-12)18(7,8)9;1-2;/h10-11,19H,1-9H3;1H2,2H3;/q;;+1/p-1. The van der Waals surface area contributed by atoms with Crippen LogP contribution in [0.1, 0.15) is 85.9 Å². The van der Waals surface area contributed by atoms with Crippen LogP contribution in [0.15, 0.2) is 12.1 Å². The van der Waals surface area contributed by atoms with E-state index in [1.165, 1.54) is 16.7 Å². The first-order chi connectivity index (χ1) is 9.78. The summed E-state index contributed by atoms with van der Waals surface area (Å²) in [7, 11) is 0. The topological polar surface area (TPSA) is 9.23 Å². The van der Waals surface area contributed by atoms with E-state index < -0.39 is 0 Å². The van der Waals surface area contributed by atoms with Gasteiger partial charge in [-0.05, 0) is 32.9 Å². The molecule has 0 aliphatic rings. The first-order valence-corrected chi connectivity index (χ1v) is 9.75. The summed E-state index contributed by atoms with van der Waals surface area (Å²) in [5.41, 5.74) is 4.43.